The zero-order valence-electron chi connectivity index (χ0n) is 9.47. The summed E-state index contributed by atoms with van der Waals surface area (Å²) in [6.07, 6.45) is 2.82. The van der Waals surface area contributed by atoms with Crippen molar-refractivity contribution in [3.05, 3.63) is 18.0 Å². The van der Waals surface area contributed by atoms with Crippen LogP contribution in [0.3, 0.4) is 0 Å². The van der Waals surface area contributed by atoms with E-state index in [2.05, 4.69) is 9.84 Å². The predicted octanol–water partition coefficient (Wildman–Crippen LogP) is 0.794. The van der Waals surface area contributed by atoms with E-state index in [-0.39, 0.29) is 0 Å². The molecule has 1 atom stereocenters. The lowest BCUT2D eigenvalue weighted by molar-refractivity contribution is -0.144. The number of aromatic nitrogens is 2. The molecule has 0 bridgehead atoms. The van der Waals surface area contributed by atoms with Gasteiger partial charge in [0.15, 0.2) is 0 Å². The molecule has 1 aromatic heterocycles. The largest absolute Gasteiger partial charge is 0.467 e. The molecular weight excluding hydrogens is 212 g/mol. The Labute approximate surface area is 93.1 Å². The second-order valence-corrected chi connectivity index (χ2v) is 3.13. The Morgan fingerprint density at radius 1 is 1.56 bits per heavy atom. The van der Waals surface area contributed by atoms with E-state index in [9.17, 15) is 9.59 Å². The van der Waals surface area contributed by atoms with Crippen LogP contribution in [-0.4, -0.2) is 35.4 Å². The molecule has 0 unspecified atom stereocenters. The molecule has 0 aromatic carbocycles. The molecule has 1 rings (SSSR count). The van der Waals surface area contributed by atoms with E-state index in [4.69, 9.17) is 4.74 Å². The number of carbonyl (C=O) groups is 2. The summed E-state index contributed by atoms with van der Waals surface area (Å²) in [5.74, 6) is -0.871. The van der Waals surface area contributed by atoms with Crippen LogP contribution in [0.2, 0.25) is 0 Å². The van der Waals surface area contributed by atoms with Gasteiger partial charge in [0.2, 0.25) is 0 Å². The fourth-order valence-corrected chi connectivity index (χ4v) is 1.15. The minimum absolute atomic E-state index is 0.302. The van der Waals surface area contributed by atoms with Gasteiger partial charge in [-0.25, -0.2) is 9.59 Å². The standard InChI is InChI=1S/C10H14N2O4/c1-4-16-10(14)8-5-11-12(6-8)7(2)9(13)15-3/h5-7H,4H2,1-3H3/t7-/m0/s1. The molecule has 6 nitrogen and oxygen atoms in total. The monoisotopic (exact) mass is 226 g/mol. The number of esters is 2. The Morgan fingerprint density at radius 2 is 2.25 bits per heavy atom. The maximum Gasteiger partial charge on any atom is 0.341 e. The number of rotatable bonds is 4. The van der Waals surface area contributed by atoms with E-state index in [1.807, 2.05) is 0 Å². The third-order valence-corrected chi connectivity index (χ3v) is 2.05. The molecule has 0 spiro atoms. The molecule has 0 aliphatic heterocycles. The Bertz CT molecular complexity index is 386. The highest BCUT2D eigenvalue weighted by Gasteiger charge is 2.18. The second-order valence-electron chi connectivity index (χ2n) is 3.13. The van der Waals surface area contributed by atoms with Crippen LogP contribution >= 0.6 is 0 Å². The van der Waals surface area contributed by atoms with Crippen molar-refractivity contribution < 1.29 is 19.1 Å². The molecule has 0 radical (unpaired) electrons. The fraction of sp³-hybridized carbons (Fsp3) is 0.500. The van der Waals surface area contributed by atoms with Gasteiger partial charge < -0.3 is 9.47 Å². The average molecular weight is 226 g/mol. The number of hydrogen-bond donors (Lipinski definition) is 0. The van der Waals surface area contributed by atoms with Crippen molar-refractivity contribution in [1.82, 2.24) is 9.78 Å². The lowest BCUT2D eigenvalue weighted by Crippen LogP contribution is -2.18. The third kappa shape index (κ3) is 2.59. The average Bonchev–Trinajstić information content (AvgIpc) is 2.76. The first-order chi connectivity index (χ1) is 7.60. The lowest BCUT2D eigenvalue weighted by atomic mass is 10.3. The number of hydrogen-bond acceptors (Lipinski definition) is 5. The zero-order valence-corrected chi connectivity index (χ0v) is 9.47. The first-order valence-corrected chi connectivity index (χ1v) is 4.89. The summed E-state index contributed by atoms with van der Waals surface area (Å²) in [4.78, 5) is 22.5. The summed E-state index contributed by atoms with van der Waals surface area (Å²) >= 11 is 0. The summed E-state index contributed by atoms with van der Waals surface area (Å²) in [5.41, 5.74) is 0.317. The van der Waals surface area contributed by atoms with Crippen LogP contribution in [0.1, 0.15) is 30.2 Å². The van der Waals surface area contributed by atoms with E-state index in [0.29, 0.717) is 12.2 Å². The van der Waals surface area contributed by atoms with Crippen LogP contribution in [0.15, 0.2) is 12.4 Å². The summed E-state index contributed by atoms with van der Waals surface area (Å²) < 4.78 is 10.7. The highest BCUT2D eigenvalue weighted by molar-refractivity contribution is 5.88. The number of methoxy groups -OCH3 is 1. The maximum atomic E-state index is 11.3. The van der Waals surface area contributed by atoms with Crippen molar-refractivity contribution in [1.29, 1.82) is 0 Å². The molecule has 0 aliphatic carbocycles. The SMILES string of the molecule is CCOC(=O)c1cnn([C@@H](C)C(=O)OC)c1. The quantitative estimate of drug-likeness (QED) is 0.710. The van der Waals surface area contributed by atoms with Crippen molar-refractivity contribution in [2.24, 2.45) is 0 Å². The number of ether oxygens (including phenoxy) is 2. The molecule has 0 fully saturated rings. The van der Waals surface area contributed by atoms with E-state index in [1.165, 1.54) is 24.2 Å². The lowest BCUT2D eigenvalue weighted by Gasteiger charge is -2.08. The topological polar surface area (TPSA) is 70.4 Å². The summed E-state index contributed by atoms with van der Waals surface area (Å²) in [6.45, 7) is 3.66. The molecule has 0 N–H and O–H groups in total. The maximum absolute atomic E-state index is 11.3. The van der Waals surface area contributed by atoms with Gasteiger partial charge in [-0.2, -0.15) is 5.10 Å². The Kier molecular flexibility index (Phi) is 4.04. The molecular formula is C10H14N2O4. The first kappa shape index (κ1) is 12.2. The normalized spacial score (nSPS) is 11.9. The summed E-state index contributed by atoms with van der Waals surface area (Å²) in [5, 5.41) is 3.90. The van der Waals surface area contributed by atoms with Crippen LogP contribution in [0.4, 0.5) is 0 Å². The van der Waals surface area contributed by atoms with Crippen LogP contribution in [-0.2, 0) is 14.3 Å². The van der Waals surface area contributed by atoms with Gasteiger partial charge in [-0.1, -0.05) is 0 Å². The molecule has 0 saturated heterocycles. The number of nitrogens with zero attached hydrogens (tertiary/aromatic N) is 2. The van der Waals surface area contributed by atoms with Crippen molar-refractivity contribution in [3.8, 4) is 0 Å². The van der Waals surface area contributed by atoms with Crippen molar-refractivity contribution >= 4 is 11.9 Å². The van der Waals surface area contributed by atoms with Crippen molar-refractivity contribution in [2.75, 3.05) is 13.7 Å². The summed E-state index contributed by atoms with van der Waals surface area (Å²) in [7, 11) is 1.30. The van der Waals surface area contributed by atoms with Crippen molar-refractivity contribution in [2.45, 2.75) is 19.9 Å². The highest BCUT2D eigenvalue weighted by atomic mass is 16.5. The van der Waals surface area contributed by atoms with Gasteiger partial charge in [-0.05, 0) is 13.8 Å². The van der Waals surface area contributed by atoms with Crippen LogP contribution in [0, 0.1) is 0 Å². The van der Waals surface area contributed by atoms with Gasteiger partial charge >= 0.3 is 11.9 Å². The van der Waals surface area contributed by atoms with Crippen LogP contribution in [0.5, 0.6) is 0 Å². The fourth-order valence-electron chi connectivity index (χ4n) is 1.15. The minimum atomic E-state index is -0.562. The Balaban J connectivity index is 2.78. The summed E-state index contributed by atoms with van der Waals surface area (Å²) in [6, 6.07) is -0.562. The van der Waals surface area contributed by atoms with Gasteiger partial charge in [0.25, 0.3) is 0 Å². The molecule has 1 aromatic rings. The Morgan fingerprint density at radius 3 is 2.81 bits per heavy atom. The predicted molar refractivity (Wildman–Crippen MR) is 54.9 cm³/mol. The van der Waals surface area contributed by atoms with Gasteiger partial charge in [-0.3, -0.25) is 4.68 Å². The van der Waals surface area contributed by atoms with E-state index in [0.717, 1.165) is 0 Å². The van der Waals surface area contributed by atoms with Crippen LogP contribution in [0.25, 0.3) is 0 Å². The van der Waals surface area contributed by atoms with Crippen LogP contribution < -0.4 is 0 Å². The molecule has 0 amide bonds. The second kappa shape index (κ2) is 5.29. The van der Waals surface area contributed by atoms with Gasteiger partial charge in [-0.15, -0.1) is 0 Å². The van der Waals surface area contributed by atoms with E-state index in [1.54, 1.807) is 13.8 Å². The minimum Gasteiger partial charge on any atom is -0.467 e. The molecule has 6 heteroatoms. The molecule has 0 aliphatic rings. The number of carbonyl (C=O) groups excluding carboxylic acids is 2. The first-order valence-electron chi connectivity index (χ1n) is 4.89. The molecule has 1 heterocycles. The molecule has 88 valence electrons. The molecule has 0 saturated carbocycles. The van der Waals surface area contributed by atoms with Crippen molar-refractivity contribution in [3.63, 3.8) is 0 Å². The van der Waals surface area contributed by atoms with Gasteiger partial charge in [0, 0.05) is 6.20 Å². The van der Waals surface area contributed by atoms with Gasteiger partial charge in [0.05, 0.1) is 25.5 Å². The van der Waals surface area contributed by atoms with E-state index < -0.39 is 18.0 Å². The zero-order chi connectivity index (χ0) is 12.1. The van der Waals surface area contributed by atoms with Gasteiger partial charge in [0.1, 0.15) is 6.04 Å². The van der Waals surface area contributed by atoms with E-state index >= 15 is 0 Å². The Hall–Kier alpha value is -1.85. The third-order valence-electron chi connectivity index (χ3n) is 2.05. The smallest absolute Gasteiger partial charge is 0.341 e. The highest BCUT2D eigenvalue weighted by Crippen LogP contribution is 2.09. The molecule has 16 heavy (non-hydrogen) atoms.